The number of hydrogen-bond acceptors (Lipinski definition) is 4. The number of ketones is 1. The molecule has 0 saturated heterocycles. The highest BCUT2D eigenvalue weighted by Crippen LogP contribution is 2.10. The SMILES string of the molecule is CCOCC(=O)OCC(=O)c1ccc(Br)cc1. The monoisotopic (exact) mass is 300 g/mol. The second-order valence-electron chi connectivity index (χ2n) is 3.23. The molecule has 0 aliphatic rings. The molecule has 0 aliphatic carbocycles. The molecule has 0 unspecified atom stereocenters. The summed E-state index contributed by atoms with van der Waals surface area (Å²) in [6.07, 6.45) is 0. The van der Waals surface area contributed by atoms with Gasteiger partial charge in [0.1, 0.15) is 6.61 Å². The Balaban J connectivity index is 2.39. The summed E-state index contributed by atoms with van der Waals surface area (Å²) in [5.74, 6) is -0.764. The Labute approximate surface area is 108 Å². The normalized spacial score (nSPS) is 10.0. The Morgan fingerprint density at radius 2 is 1.82 bits per heavy atom. The van der Waals surface area contributed by atoms with E-state index in [1.165, 1.54) is 0 Å². The van der Waals surface area contributed by atoms with Gasteiger partial charge in [0.25, 0.3) is 0 Å². The molecular formula is C12H13BrO4. The summed E-state index contributed by atoms with van der Waals surface area (Å²) in [7, 11) is 0. The van der Waals surface area contributed by atoms with Crippen molar-refractivity contribution in [2.45, 2.75) is 6.92 Å². The summed E-state index contributed by atoms with van der Waals surface area (Å²) >= 11 is 3.27. The molecule has 1 aromatic rings. The van der Waals surface area contributed by atoms with Crippen LogP contribution in [0.2, 0.25) is 0 Å². The van der Waals surface area contributed by atoms with Gasteiger partial charge in [0, 0.05) is 16.6 Å². The number of halogens is 1. The zero-order chi connectivity index (χ0) is 12.7. The quantitative estimate of drug-likeness (QED) is 0.597. The van der Waals surface area contributed by atoms with Crippen LogP contribution >= 0.6 is 15.9 Å². The molecule has 0 aliphatic heterocycles. The smallest absolute Gasteiger partial charge is 0.332 e. The van der Waals surface area contributed by atoms with Crippen LogP contribution in [0.1, 0.15) is 17.3 Å². The highest BCUT2D eigenvalue weighted by Gasteiger charge is 2.09. The van der Waals surface area contributed by atoms with E-state index in [1.807, 2.05) is 0 Å². The van der Waals surface area contributed by atoms with E-state index in [0.29, 0.717) is 12.2 Å². The summed E-state index contributed by atoms with van der Waals surface area (Å²) in [4.78, 5) is 22.7. The Hall–Kier alpha value is -1.20. The van der Waals surface area contributed by atoms with Gasteiger partial charge in [-0.1, -0.05) is 28.1 Å². The van der Waals surface area contributed by atoms with E-state index in [9.17, 15) is 9.59 Å². The topological polar surface area (TPSA) is 52.6 Å². The molecule has 0 N–H and O–H groups in total. The number of ether oxygens (including phenoxy) is 2. The van der Waals surface area contributed by atoms with Crippen molar-refractivity contribution in [3.8, 4) is 0 Å². The molecule has 0 fully saturated rings. The summed E-state index contributed by atoms with van der Waals surface area (Å²) in [5, 5.41) is 0. The maximum absolute atomic E-state index is 11.6. The lowest BCUT2D eigenvalue weighted by Gasteiger charge is -2.04. The van der Waals surface area contributed by atoms with E-state index in [0.717, 1.165) is 4.47 Å². The molecule has 1 aromatic carbocycles. The van der Waals surface area contributed by atoms with Crippen molar-refractivity contribution in [1.29, 1.82) is 0 Å². The molecule has 0 bridgehead atoms. The third kappa shape index (κ3) is 5.10. The lowest BCUT2D eigenvalue weighted by molar-refractivity contribution is -0.147. The number of Topliss-reactive ketones (excluding diaryl/α,β-unsaturated/α-hetero) is 1. The molecule has 0 amide bonds. The minimum atomic E-state index is -0.530. The first-order chi connectivity index (χ1) is 8.13. The van der Waals surface area contributed by atoms with Crippen LogP contribution < -0.4 is 0 Å². The lowest BCUT2D eigenvalue weighted by atomic mass is 10.1. The van der Waals surface area contributed by atoms with Crippen LogP contribution in [0.15, 0.2) is 28.7 Å². The van der Waals surface area contributed by atoms with E-state index in [2.05, 4.69) is 15.9 Å². The van der Waals surface area contributed by atoms with E-state index in [4.69, 9.17) is 9.47 Å². The third-order valence-corrected chi connectivity index (χ3v) is 2.48. The maximum atomic E-state index is 11.6. The Morgan fingerprint density at radius 3 is 2.41 bits per heavy atom. The van der Waals surface area contributed by atoms with E-state index < -0.39 is 5.97 Å². The number of carbonyl (C=O) groups excluding carboxylic acids is 2. The van der Waals surface area contributed by atoms with Gasteiger partial charge in [0.2, 0.25) is 0 Å². The molecule has 0 atom stereocenters. The first kappa shape index (κ1) is 13.9. The predicted octanol–water partition coefficient (Wildman–Crippen LogP) is 2.21. The average molecular weight is 301 g/mol. The molecule has 0 spiro atoms. The Kier molecular flexibility index (Phi) is 5.86. The molecule has 1 rings (SSSR count). The first-order valence-electron chi connectivity index (χ1n) is 5.15. The first-order valence-corrected chi connectivity index (χ1v) is 5.95. The molecule has 0 saturated carbocycles. The van der Waals surface area contributed by atoms with Crippen LogP contribution in [0.4, 0.5) is 0 Å². The molecular weight excluding hydrogens is 288 g/mol. The minimum absolute atomic E-state index is 0.121. The number of rotatable bonds is 6. The number of benzene rings is 1. The van der Waals surface area contributed by atoms with Crippen LogP contribution in [-0.4, -0.2) is 31.6 Å². The number of esters is 1. The fourth-order valence-corrected chi connectivity index (χ4v) is 1.36. The van der Waals surface area contributed by atoms with Gasteiger partial charge >= 0.3 is 5.97 Å². The molecule has 17 heavy (non-hydrogen) atoms. The summed E-state index contributed by atoms with van der Waals surface area (Å²) in [6, 6.07) is 6.86. The van der Waals surface area contributed by atoms with Crippen LogP contribution in [0.5, 0.6) is 0 Å². The molecule has 4 nitrogen and oxygen atoms in total. The van der Waals surface area contributed by atoms with Crippen molar-refractivity contribution in [2.75, 3.05) is 19.8 Å². The van der Waals surface area contributed by atoms with Crippen molar-refractivity contribution < 1.29 is 19.1 Å². The van der Waals surface area contributed by atoms with Crippen LogP contribution in [-0.2, 0) is 14.3 Å². The fourth-order valence-electron chi connectivity index (χ4n) is 1.09. The molecule has 0 heterocycles. The zero-order valence-corrected chi connectivity index (χ0v) is 11.0. The standard InChI is InChI=1S/C12H13BrO4/c1-2-16-8-12(15)17-7-11(14)9-3-5-10(13)6-4-9/h3-6H,2,7-8H2,1H3. The van der Waals surface area contributed by atoms with Crippen molar-refractivity contribution in [1.82, 2.24) is 0 Å². The third-order valence-electron chi connectivity index (χ3n) is 1.95. The summed E-state index contributed by atoms with van der Waals surface area (Å²) in [6.45, 7) is 1.84. The Morgan fingerprint density at radius 1 is 1.18 bits per heavy atom. The molecule has 5 heteroatoms. The zero-order valence-electron chi connectivity index (χ0n) is 9.44. The highest BCUT2D eigenvalue weighted by molar-refractivity contribution is 9.10. The van der Waals surface area contributed by atoms with Crippen LogP contribution in [0.3, 0.4) is 0 Å². The average Bonchev–Trinajstić information content (AvgIpc) is 2.34. The second kappa shape index (κ2) is 7.19. The van der Waals surface area contributed by atoms with Gasteiger partial charge < -0.3 is 9.47 Å². The van der Waals surface area contributed by atoms with Gasteiger partial charge in [-0.3, -0.25) is 4.79 Å². The van der Waals surface area contributed by atoms with Crippen molar-refractivity contribution in [2.24, 2.45) is 0 Å². The van der Waals surface area contributed by atoms with Gasteiger partial charge in [-0.25, -0.2) is 4.79 Å². The molecule has 0 radical (unpaired) electrons. The van der Waals surface area contributed by atoms with Gasteiger partial charge in [-0.15, -0.1) is 0 Å². The largest absolute Gasteiger partial charge is 0.456 e. The summed E-state index contributed by atoms with van der Waals surface area (Å²) < 4.78 is 10.5. The lowest BCUT2D eigenvalue weighted by Crippen LogP contribution is -2.18. The van der Waals surface area contributed by atoms with Gasteiger partial charge in [-0.2, -0.15) is 0 Å². The maximum Gasteiger partial charge on any atom is 0.332 e. The van der Waals surface area contributed by atoms with Gasteiger partial charge in [0.05, 0.1) is 0 Å². The van der Waals surface area contributed by atoms with Gasteiger partial charge in [0.15, 0.2) is 12.4 Å². The van der Waals surface area contributed by atoms with Gasteiger partial charge in [-0.05, 0) is 19.1 Å². The van der Waals surface area contributed by atoms with E-state index in [1.54, 1.807) is 31.2 Å². The fraction of sp³-hybridized carbons (Fsp3) is 0.333. The number of hydrogen-bond donors (Lipinski definition) is 0. The number of carbonyl (C=O) groups is 2. The Bertz CT molecular complexity index is 386. The highest BCUT2D eigenvalue weighted by atomic mass is 79.9. The second-order valence-corrected chi connectivity index (χ2v) is 4.14. The van der Waals surface area contributed by atoms with E-state index >= 15 is 0 Å². The van der Waals surface area contributed by atoms with Crippen molar-refractivity contribution in [3.05, 3.63) is 34.3 Å². The summed E-state index contributed by atoms with van der Waals surface area (Å²) in [5.41, 5.74) is 0.511. The predicted molar refractivity (Wildman–Crippen MR) is 65.9 cm³/mol. The van der Waals surface area contributed by atoms with E-state index in [-0.39, 0.29) is 19.0 Å². The molecule has 0 aromatic heterocycles. The molecule has 92 valence electrons. The minimum Gasteiger partial charge on any atom is -0.456 e. The van der Waals surface area contributed by atoms with Crippen LogP contribution in [0.25, 0.3) is 0 Å². The van der Waals surface area contributed by atoms with Crippen molar-refractivity contribution >= 4 is 27.7 Å². The van der Waals surface area contributed by atoms with Crippen LogP contribution in [0, 0.1) is 0 Å². The van der Waals surface area contributed by atoms with Crippen molar-refractivity contribution in [3.63, 3.8) is 0 Å².